The van der Waals surface area contributed by atoms with Crippen molar-refractivity contribution in [2.24, 2.45) is 5.73 Å². The number of methoxy groups -OCH3 is 1. The molecule has 0 saturated heterocycles. The van der Waals surface area contributed by atoms with Gasteiger partial charge in [-0.15, -0.1) is 0 Å². The monoisotopic (exact) mass is 374 g/mol. The number of primary amides is 1. The van der Waals surface area contributed by atoms with Crippen molar-refractivity contribution in [3.8, 4) is 0 Å². The van der Waals surface area contributed by atoms with Crippen LogP contribution in [0.15, 0.2) is 65.6 Å². The minimum absolute atomic E-state index is 0.174. The lowest BCUT2D eigenvalue weighted by molar-refractivity contribution is -0.135. The Morgan fingerprint density at radius 2 is 1.65 bits per heavy atom. The van der Waals surface area contributed by atoms with Gasteiger partial charge in [0.25, 0.3) is 5.91 Å². The highest BCUT2D eigenvalue weighted by atomic mass is 32.2. The molecule has 2 amide bonds. The summed E-state index contributed by atoms with van der Waals surface area (Å²) in [5.74, 6) is -0.930. The van der Waals surface area contributed by atoms with Crippen LogP contribution in [0.25, 0.3) is 0 Å². The number of rotatable bonds is 9. The minimum Gasteiger partial charge on any atom is -0.368 e. The van der Waals surface area contributed by atoms with Gasteiger partial charge in [0.05, 0.1) is 10.8 Å². The van der Waals surface area contributed by atoms with Gasteiger partial charge in [-0.3, -0.25) is 13.8 Å². The van der Waals surface area contributed by atoms with E-state index in [-0.39, 0.29) is 12.2 Å². The van der Waals surface area contributed by atoms with E-state index in [0.29, 0.717) is 10.5 Å². The maximum atomic E-state index is 12.5. The lowest BCUT2D eigenvalue weighted by atomic mass is 10.1. The lowest BCUT2D eigenvalue weighted by Gasteiger charge is -2.20. The fraction of sp³-hybridized carbons (Fsp3) is 0.263. The molecular weight excluding hydrogens is 352 g/mol. The molecule has 138 valence electrons. The van der Waals surface area contributed by atoms with E-state index in [1.807, 2.05) is 12.1 Å². The third-order valence-electron chi connectivity index (χ3n) is 3.83. The number of ether oxygens (including phenoxy) is 1. The third-order valence-corrected chi connectivity index (χ3v) is 5.24. The average Bonchev–Trinajstić information content (AvgIpc) is 2.66. The summed E-state index contributed by atoms with van der Waals surface area (Å²) in [4.78, 5) is 24.9. The van der Waals surface area contributed by atoms with E-state index in [9.17, 15) is 13.8 Å². The first kappa shape index (κ1) is 19.8. The van der Waals surface area contributed by atoms with Gasteiger partial charge in [0.2, 0.25) is 5.91 Å². The molecule has 2 aromatic rings. The zero-order chi connectivity index (χ0) is 18.9. The number of nitrogens with two attached hydrogens (primary N) is 1. The average molecular weight is 374 g/mol. The molecule has 3 N–H and O–H groups in total. The Morgan fingerprint density at radius 3 is 2.19 bits per heavy atom. The number of benzene rings is 2. The zero-order valence-corrected chi connectivity index (χ0v) is 15.3. The number of hydrogen-bond donors (Lipinski definition) is 2. The van der Waals surface area contributed by atoms with Gasteiger partial charge in [0, 0.05) is 17.8 Å². The van der Waals surface area contributed by atoms with Crippen LogP contribution in [-0.2, 0) is 25.1 Å². The summed E-state index contributed by atoms with van der Waals surface area (Å²) >= 11 is 0. The largest absolute Gasteiger partial charge is 0.368 e. The molecule has 3 atom stereocenters. The third kappa shape index (κ3) is 5.50. The highest BCUT2D eigenvalue weighted by Gasteiger charge is 2.25. The van der Waals surface area contributed by atoms with Crippen LogP contribution >= 0.6 is 0 Å². The van der Waals surface area contributed by atoms with Crippen molar-refractivity contribution in [2.45, 2.75) is 23.5 Å². The van der Waals surface area contributed by atoms with E-state index >= 15 is 0 Å². The van der Waals surface area contributed by atoms with Gasteiger partial charge in [-0.1, -0.05) is 48.5 Å². The molecule has 0 aliphatic rings. The molecule has 2 aromatic carbocycles. The SMILES string of the molecule is CO[C@@H](C(=O)N[C@H](CC[S@@](=O)c1ccccc1)C(N)=O)c1ccccc1. The molecule has 0 aromatic heterocycles. The van der Waals surface area contributed by atoms with Crippen LogP contribution in [0.5, 0.6) is 0 Å². The summed E-state index contributed by atoms with van der Waals surface area (Å²) in [6, 6.07) is 17.0. The minimum atomic E-state index is -1.27. The van der Waals surface area contributed by atoms with Gasteiger partial charge >= 0.3 is 0 Å². The lowest BCUT2D eigenvalue weighted by Crippen LogP contribution is -2.47. The Balaban J connectivity index is 2.00. The van der Waals surface area contributed by atoms with E-state index in [4.69, 9.17) is 10.5 Å². The number of nitrogens with one attached hydrogen (secondary N) is 1. The highest BCUT2D eigenvalue weighted by Crippen LogP contribution is 2.17. The van der Waals surface area contributed by atoms with Crippen LogP contribution < -0.4 is 11.1 Å². The molecule has 0 fully saturated rings. The normalized spacial score (nSPS) is 14.2. The van der Waals surface area contributed by atoms with E-state index in [0.717, 1.165) is 0 Å². The Hall–Kier alpha value is -2.51. The second kappa shape index (κ2) is 9.84. The number of carbonyl (C=O) groups is 2. The summed E-state index contributed by atoms with van der Waals surface area (Å²) in [5.41, 5.74) is 6.07. The van der Waals surface area contributed by atoms with Crippen molar-refractivity contribution in [3.05, 3.63) is 66.2 Å². The van der Waals surface area contributed by atoms with E-state index in [2.05, 4.69) is 5.32 Å². The van der Waals surface area contributed by atoms with Gasteiger partial charge in [-0.05, 0) is 24.1 Å². The Bertz CT molecular complexity index is 753. The molecular formula is C19H22N2O4S. The zero-order valence-electron chi connectivity index (χ0n) is 14.5. The molecule has 26 heavy (non-hydrogen) atoms. The van der Waals surface area contributed by atoms with E-state index in [1.54, 1.807) is 48.5 Å². The summed E-state index contributed by atoms with van der Waals surface area (Å²) in [6.07, 6.45) is -0.675. The number of hydrogen-bond acceptors (Lipinski definition) is 4. The molecule has 0 aliphatic heterocycles. The Morgan fingerprint density at radius 1 is 1.08 bits per heavy atom. The second-order valence-corrected chi connectivity index (χ2v) is 7.21. The van der Waals surface area contributed by atoms with Crippen LogP contribution in [0.4, 0.5) is 0 Å². The molecule has 0 spiro atoms. The maximum Gasteiger partial charge on any atom is 0.254 e. The molecule has 0 unspecified atom stereocenters. The van der Waals surface area contributed by atoms with Crippen LogP contribution in [-0.4, -0.2) is 34.9 Å². The molecule has 0 heterocycles. The number of carbonyl (C=O) groups excluding carboxylic acids is 2. The highest BCUT2D eigenvalue weighted by molar-refractivity contribution is 7.85. The van der Waals surface area contributed by atoms with E-state index < -0.39 is 34.8 Å². The maximum absolute atomic E-state index is 12.5. The topological polar surface area (TPSA) is 98.5 Å². The second-order valence-electron chi connectivity index (χ2n) is 5.64. The van der Waals surface area contributed by atoms with Crippen molar-refractivity contribution in [3.63, 3.8) is 0 Å². The summed E-state index contributed by atoms with van der Waals surface area (Å²) in [7, 11) is 0.143. The molecule has 2 rings (SSSR count). The van der Waals surface area contributed by atoms with Crippen LogP contribution in [0, 0.1) is 0 Å². The van der Waals surface area contributed by atoms with E-state index in [1.165, 1.54) is 7.11 Å². The van der Waals surface area contributed by atoms with Crippen molar-refractivity contribution in [1.29, 1.82) is 0 Å². The molecule has 0 radical (unpaired) electrons. The Kier molecular flexibility index (Phi) is 7.50. The summed E-state index contributed by atoms with van der Waals surface area (Å²) < 4.78 is 17.5. The van der Waals surface area contributed by atoms with Gasteiger partial charge in [-0.2, -0.15) is 0 Å². The first-order valence-corrected chi connectivity index (χ1v) is 9.45. The number of amides is 2. The fourth-order valence-electron chi connectivity index (χ4n) is 2.47. The van der Waals surface area contributed by atoms with Crippen molar-refractivity contribution in [1.82, 2.24) is 5.32 Å². The van der Waals surface area contributed by atoms with Crippen LogP contribution in [0.1, 0.15) is 18.1 Å². The first-order chi connectivity index (χ1) is 12.5. The predicted octanol–water partition coefficient (Wildman–Crippen LogP) is 1.54. The van der Waals surface area contributed by atoms with Gasteiger partial charge in [0.15, 0.2) is 6.10 Å². The van der Waals surface area contributed by atoms with Crippen molar-refractivity contribution < 1.29 is 18.5 Å². The predicted molar refractivity (Wildman–Crippen MR) is 99.7 cm³/mol. The molecule has 0 aliphatic carbocycles. The smallest absolute Gasteiger partial charge is 0.254 e. The van der Waals surface area contributed by atoms with Gasteiger partial charge in [-0.25, -0.2) is 0 Å². The molecule has 0 saturated carbocycles. The molecule has 6 nitrogen and oxygen atoms in total. The summed E-state index contributed by atoms with van der Waals surface area (Å²) in [6.45, 7) is 0. The summed E-state index contributed by atoms with van der Waals surface area (Å²) in [5, 5.41) is 2.60. The Labute approximate surface area is 155 Å². The van der Waals surface area contributed by atoms with Crippen molar-refractivity contribution >= 4 is 22.6 Å². The quantitative estimate of drug-likeness (QED) is 0.695. The van der Waals surface area contributed by atoms with Gasteiger partial charge < -0.3 is 15.8 Å². The van der Waals surface area contributed by atoms with Crippen molar-refractivity contribution in [2.75, 3.05) is 12.9 Å². The van der Waals surface area contributed by atoms with Gasteiger partial charge in [0.1, 0.15) is 6.04 Å². The van der Waals surface area contributed by atoms with Crippen LogP contribution in [0.2, 0.25) is 0 Å². The molecule has 0 bridgehead atoms. The standard InChI is InChI=1S/C19H22N2O4S/c1-25-17(14-8-4-2-5-9-14)19(23)21-16(18(20)22)12-13-26(24)15-10-6-3-7-11-15/h2-11,16-17H,12-13H2,1H3,(H2,20,22)(H,21,23)/t16-,17-,26-/m1/s1. The first-order valence-electron chi connectivity index (χ1n) is 8.13. The molecule has 7 heteroatoms. The fourth-order valence-corrected chi connectivity index (χ4v) is 3.62. The van der Waals surface area contributed by atoms with Crippen LogP contribution in [0.3, 0.4) is 0 Å².